The molecule has 0 saturated carbocycles. The largest absolute Gasteiger partial charge is 0.478 e. The molecule has 20 heavy (non-hydrogen) atoms. The van der Waals surface area contributed by atoms with Crippen LogP contribution in [-0.4, -0.2) is 40.7 Å². The Balaban J connectivity index is 2.45. The number of hydrogen-bond donors (Lipinski definition) is 2. The second kappa shape index (κ2) is 6.66. The van der Waals surface area contributed by atoms with Crippen molar-refractivity contribution in [2.75, 3.05) is 18.5 Å². The topological polar surface area (TPSA) is 88.5 Å². The molecule has 0 aliphatic heterocycles. The molecule has 0 aromatic carbocycles. The van der Waals surface area contributed by atoms with Crippen molar-refractivity contribution in [3.05, 3.63) is 11.3 Å². The number of rotatable bonds is 6. The lowest BCUT2D eigenvalue weighted by Crippen LogP contribution is -2.20. The van der Waals surface area contributed by atoms with Crippen LogP contribution in [-0.2, 0) is 9.53 Å². The zero-order valence-corrected chi connectivity index (χ0v) is 11.1. The number of aromatic nitrogens is 1. The highest BCUT2D eigenvalue weighted by Gasteiger charge is 2.27. The zero-order chi connectivity index (χ0) is 15.3. The molecular weight excluding hydrogens is 301 g/mol. The molecule has 10 heteroatoms. The van der Waals surface area contributed by atoms with E-state index in [9.17, 15) is 22.8 Å². The summed E-state index contributed by atoms with van der Waals surface area (Å²) in [5, 5.41) is 11.3. The highest BCUT2D eigenvalue weighted by Crippen LogP contribution is 2.24. The molecule has 1 aromatic heterocycles. The van der Waals surface area contributed by atoms with Crippen molar-refractivity contribution in [1.82, 2.24) is 4.37 Å². The minimum Gasteiger partial charge on any atom is -0.478 e. The number of hydrogen-bond acceptors (Lipinski definition) is 5. The number of carbonyl (C=O) groups is 2. The van der Waals surface area contributed by atoms with Crippen LogP contribution in [0.1, 0.15) is 22.5 Å². The Labute approximate surface area is 115 Å². The Morgan fingerprint density at radius 1 is 1.45 bits per heavy atom. The van der Waals surface area contributed by atoms with Crippen LogP contribution in [0.25, 0.3) is 0 Å². The van der Waals surface area contributed by atoms with Crippen molar-refractivity contribution < 1.29 is 32.6 Å². The maximum absolute atomic E-state index is 11.8. The monoisotopic (exact) mass is 312 g/mol. The van der Waals surface area contributed by atoms with Gasteiger partial charge in [-0.1, -0.05) is 0 Å². The van der Waals surface area contributed by atoms with Crippen molar-refractivity contribution in [2.45, 2.75) is 19.5 Å². The lowest BCUT2D eigenvalue weighted by Gasteiger charge is -2.07. The summed E-state index contributed by atoms with van der Waals surface area (Å²) in [6.07, 6.45) is -4.76. The normalized spacial score (nSPS) is 11.4. The van der Waals surface area contributed by atoms with Gasteiger partial charge in [-0.05, 0) is 18.5 Å². The van der Waals surface area contributed by atoms with Gasteiger partial charge in [-0.3, -0.25) is 4.79 Å². The highest BCUT2D eigenvalue weighted by atomic mass is 32.1. The first-order chi connectivity index (χ1) is 9.20. The Bertz CT molecular complexity index is 501. The Kier molecular flexibility index (Phi) is 5.45. The molecule has 0 aliphatic rings. The number of carboxylic acid groups (broad SMARTS) is 1. The number of nitrogens with zero attached hydrogens (tertiary/aromatic N) is 1. The molecule has 1 rings (SSSR count). The second-order valence-electron chi connectivity index (χ2n) is 3.74. The quantitative estimate of drug-likeness (QED) is 0.785. The van der Waals surface area contributed by atoms with Crippen LogP contribution in [0.15, 0.2) is 0 Å². The van der Waals surface area contributed by atoms with Crippen LogP contribution in [0.2, 0.25) is 0 Å². The van der Waals surface area contributed by atoms with Gasteiger partial charge in [0.1, 0.15) is 17.2 Å². The standard InChI is InChI=1S/C10H11F3N2O4S/c1-5-7(9(17)18)8(20-15-5)14-6(16)2-3-19-4-10(11,12)13/h2-4H2,1H3,(H,14,16)(H,17,18). The number of aryl methyl sites for hydroxylation is 1. The molecule has 1 aromatic rings. The summed E-state index contributed by atoms with van der Waals surface area (Å²) in [5.41, 5.74) is 0.130. The van der Waals surface area contributed by atoms with Gasteiger partial charge in [0.05, 0.1) is 18.7 Å². The molecule has 0 bridgehead atoms. The Hall–Kier alpha value is -1.68. The molecule has 0 aliphatic carbocycles. The van der Waals surface area contributed by atoms with Gasteiger partial charge in [-0.25, -0.2) is 4.79 Å². The molecular formula is C10H11F3N2O4S. The van der Waals surface area contributed by atoms with Crippen molar-refractivity contribution >= 4 is 28.4 Å². The molecule has 1 heterocycles. The SMILES string of the molecule is Cc1nsc(NC(=O)CCOCC(F)(F)F)c1C(=O)O. The minimum absolute atomic E-state index is 0.0517. The van der Waals surface area contributed by atoms with Gasteiger partial charge >= 0.3 is 12.1 Å². The second-order valence-corrected chi connectivity index (χ2v) is 4.52. The van der Waals surface area contributed by atoms with Gasteiger partial charge in [0.15, 0.2) is 0 Å². The molecule has 1 amide bonds. The first-order valence-electron chi connectivity index (χ1n) is 5.34. The highest BCUT2D eigenvalue weighted by molar-refractivity contribution is 7.11. The number of amides is 1. The maximum Gasteiger partial charge on any atom is 0.411 e. The zero-order valence-electron chi connectivity index (χ0n) is 10.3. The van der Waals surface area contributed by atoms with Crippen LogP contribution in [0.5, 0.6) is 0 Å². The number of ether oxygens (including phenoxy) is 1. The lowest BCUT2D eigenvalue weighted by molar-refractivity contribution is -0.174. The predicted octanol–water partition coefficient (Wildman–Crippen LogP) is 2.06. The van der Waals surface area contributed by atoms with E-state index >= 15 is 0 Å². The fraction of sp³-hybridized carbons (Fsp3) is 0.500. The van der Waals surface area contributed by atoms with Crippen molar-refractivity contribution in [3.63, 3.8) is 0 Å². The third-order valence-electron chi connectivity index (χ3n) is 2.07. The van der Waals surface area contributed by atoms with Gasteiger partial charge in [-0.15, -0.1) is 0 Å². The summed E-state index contributed by atoms with van der Waals surface area (Å²) in [6.45, 7) is -0.367. The number of aromatic carboxylic acids is 1. The van der Waals surface area contributed by atoms with Crippen LogP contribution in [0.4, 0.5) is 18.2 Å². The summed E-state index contributed by atoms with van der Waals surface area (Å²) in [4.78, 5) is 22.4. The first-order valence-corrected chi connectivity index (χ1v) is 6.12. The molecule has 0 unspecified atom stereocenters. The average molecular weight is 312 g/mol. The van der Waals surface area contributed by atoms with E-state index in [1.165, 1.54) is 6.92 Å². The summed E-state index contributed by atoms with van der Waals surface area (Å²) >= 11 is 0.793. The molecule has 112 valence electrons. The summed E-state index contributed by atoms with van der Waals surface area (Å²) < 4.78 is 43.4. The van der Waals surface area contributed by atoms with Crippen LogP contribution in [0.3, 0.4) is 0 Å². The van der Waals surface area contributed by atoms with Gasteiger partial charge in [0, 0.05) is 0 Å². The summed E-state index contributed by atoms with van der Waals surface area (Å²) in [6, 6.07) is 0. The molecule has 0 spiro atoms. The van der Waals surface area contributed by atoms with E-state index in [0.29, 0.717) is 0 Å². The molecule has 0 fully saturated rings. The van der Waals surface area contributed by atoms with E-state index in [4.69, 9.17) is 5.11 Å². The summed E-state index contributed by atoms with van der Waals surface area (Å²) in [5.74, 6) is -1.88. The van der Waals surface area contributed by atoms with Gasteiger partial charge in [-0.2, -0.15) is 17.5 Å². The fourth-order valence-electron chi connectivity index (χ4n) is 1.25. The molecule has 0 radical (unpaired) electrons. The van der Waals surface area contributed by atoms with Gasteiger partial charge in [0.25, 0.3) is 0 Å². The number of halogens is 3. The molecule has 6 nitrogen and oxygen atoms in total. The third kappa shape index (κ3) is 5.13. The van der Waals surface area contributed by atoms with E-state index in [1.807, 2.05) is 0 Å². The Morgan fingerprint density at radius 2 is 2.10 bits per heavy atom. The third-order valence-corrected chi connectivity index (χ3v) is 2.92. The van der Waals surface area contributed by atoms with Crippen LogP contribution >= 0.6 is 11.5 Å². The molecule has 0 saturated heterocycles. The number of carbonyl (C=O) groups excluding carboxylic acids is 1. The number of anilines is 1. The van der Waals surface area contributed by atoms with E-state index in [1.54, 1.807) is 0 Å². The van der Waals surface area contributed by atoms with Crippen LogP contribution in [0, 0.1) is 6.92 Å². The van der Waals surface area contributed by atoms with E-state index in [0.717, 1.165) is 11.5 Å². The molecule has 2 N–H and O–H groups in total. The number of alkyl halides is 3. The van der Waals surface area contributed by atoms with E-state index in [-0.39, 0.29) is 22.7 Å². The van der Waals surface area contributed by atoms with Gasteiger partial charge in [0.2, 0.25) is 5.91 Å². The average Bonchev–Trinajstić information content (AvgIpc) is 2.64. The molecule has 0 atom stereocenters. The van der Waals surface area contributed by atoms with Crippen LogP contribution < -0.4 is 5.32 Å². The first kappa shape index (κ1) is 16.4. The van der Waals surface area contributed by atoms with Gasteiger partial charge < -0.3 is 15.2 Å². The predicted molar refractivity (Wildman–Crippen MR) is 63.9 cm³/mol. The van der Waals surface area contributed by atoms with E-state index < -0.39 is 31.3 Å². The lowest BCUT2D eigenvalue weighted by atomic mass is 10.2. The fourth-order valence-corrected chi connectivity index (χ4v) is 2.05. The maximum atomic E-state index is 11.8. The number of carboxylic acids is 1. The van der Waals surface area contributed by atoms with Crippen molar-refractivity contribution in [3.8, 4) is 0 Å². The van der Waals surface area contributed by atoms with Crippen molar-refractivity contribution in [1.29, 1.82) is 0 Å². The smallest absolute Gasteiger partial charge is 0.411 e. The van der Waals surface area contributed by atoms with Crippen molar-refractivity contribution in [2.24, 2.45) is 0 Å². The minimum atomic E-state index is -4.44. The Morgan fingerprint density at radius 3 is 2.65 bits per heavy atom. The van der Waals surface area contributed by atoms with E-state index in [2.05, 4.69) is 14.4 Å². The number of nitrogens with one attached hydrogen (secondary N) is 1. The summed E-state index contributed by atoms with van der Waals surface area (Å²) in [7, 11) is 0.